The van der Waals surface area contributed by atoms with Crippen LogP contribution in [0, 0.1) is 5.82 Å². The Kier molecular flexibility index (Phi) is 2.92. The van der Waals surface area contributed by atoms with Crippen LogP contribution < -0.4 is 20.3 Å². The Morgan fingerprint density at radius 1 is 1.20 bits per heavy atom. The third-order valence-corrected chi connectivity index (χ3v) is 4.63. The van der Waals surface area contributed by atoms with Crippen molar-refractivity contribution in [1.82, 2.24) is 14.6 Å². The van der Waals surface area contributed by atoms with Crippen molar-refractivity contribution in [3.05, 3.63) is 52.6 Å². The molecule has 4 aromatic rings. The predicted molar refractivity (Wildman–Crippen MR) is 90.4 cm³/mol. The fraction of sp³-hybridized carbons (Fsp3) is 0.0625. The van der Waals surface area contributed by atoms with Gasteiger partial charge in [-0.25, -0.2) is 9.37 Å². The number of rotatable bonds is 2. The van der Waals surface area contributed by atoms with Gasteiger partial charge in [0.2, 0.25) is 16.9 Å². The standard InChI is InChI=1S/C16H9FN4O3S/c17-9-3-1-2-4-10(9)18-15-20-21-14(22)8-5-12-13(24-7-23-12)6-11(8)19-16(21)25-15/h1-6H,7H2,(H,18,20). The molecule has 5 rings (SSSR count). The third-order valence-electron chi connectivity index (χ3n) is 3.81. The molecule has 7 nitrogen and oxygen atoms in total. The summed E-state index contributed by atoms with van der Waals surface area (Å²) in [6.07, 6.45) is 0. The van der Waals surface area contributed by atoms with E-state index in [0.717, 1.165) is 11.3 Å². The Morgan fingerprint density at radius 2 is 2.00 bits per heavy atom. The van der Waals surface area contributed by atoms with Gasteiger partial charge in [-0.1, -0.05) is 23.5 Å². The molecule has 1 aliphatic rings. The summed E-state index contributed by atoms with van der Waals surface area (Å²) in [7, 11) is 0. The monoisotopic (exact) mass is 356 g/mol. The van der Waals surface area contributed by atoms with Crippen molar-refractivity contribution in [3.8, 4) is 11.5 Å². The van der Waals surface area contributed by atoms with E-state index in [9.17, 15) is 9.18 Å². The summed E-state index contributed by atoms with van der Waals surface area (Å²) in [5, 5.41) is 7.82. The molecular weight excluding hydrogens is 347 g/mol. The van der Waals surface area contributed by atoms with Crippen molar-refractivity contribution >= 4 is 38.0 Å². The van der Waals surface area contributed by atoms with E-state index < -0.39 is 5.82 Å². The van der Waals surface area contributed by atoms with E-state index in [2.05, 4.69) is 15.4 Å². The lowest BCUT2D eigenvalue weighted by Crippen LogP contribution is -2.15. The number of nitrogens with zero attached hydrogens (tertiary/aromatic N) is 3. The Hall–Kier alpha value is -3.20. The average molecular weight is 356 g/mol. The first-order valence-corrected chi connectivity index (χ1v) is 8.15. The fourth-order valence-electron chi connectivity index (χ4n) is 2.63. The Labute approximate surface area is 143 Å². The number of hydrogen-bond acceptors (Lipinski definition) is 7. The molecule has 0 unspecified atom stereocenters. The van der Waals surface area contributed by atoms with Crippen molar-refractivity contribution in [1.29, 1.82) is 0 Å². The van der Waals surface area contributed by atoms with Gasteiger partial charge in [-0.3, -0.25) is 4.79 Å². The number of fused-ring (bicyclic) bond motifs is 3. The smallest absolute Gasteiger partial charge is 0.283 e. The van der Waals surface area contributed by atoms with Crippen molar-refractivity contribution in [2.75, 3.05) is 12.1 Å². The zero-order valence-corrected chi connectivity index (χ0v) is 13.3. The molecule has 3 heterocycles. The molecule has 0 saturated carbocycles. The second-order valence-corrected chi connectivity index (χ2v) is 6.30. The van der Waals surface area contributed by atoms with E-state index in [0.29, 0.717) is 32.5 Å². The summed E-state index contributed by atoms with van der Waals surface area (Å²) < 4.78 is 25.6. The van der Waals surface area contributed by atoms with Crippen LogP contribution in [0.1, 0.15) is 0 Å². The first-order valence-electron chi connectivity index (χ1n) is 7.34. The first kappa shape index (κ1) is 14.2. The molecule has 0 aliphatic carbocycles. The number of benzene rings is 2. The summed E-state index contributed by atoms with van der Waals surface area (Å²) in [6, 6.07) is 9.51. The molecule has 0 saturated heterocycles. The zero-order valence-electron chi connectivity index (χ0n) is 12.5. The molecule has 0 radical (unpaired) electrons. The summed E-state index contributed by atoms with van der Waals surface area (Å²) >= 11 is 1.15. The molecule has 0 atom stereocenters. The minimum Gasteiger partial charge on any atom is -0.454 e. The summed E-state index contributed by atoms with van der Waals surface area (Å²) in [5.74, 6) is 0.655. The quantitative estimate of drug-likeness (QED) is 0.595. The fourth-order valence-corrected chi connectivity index (χ4v) is 3.44. The first-order chi connectivity index (χ1) is 12.2. The molecular formula is C16H9FN4O3S. The van der Waals surface area contributed by atoms with Gasteiger partial charge in [-0.05, 0) is 18.2 Å². The molecule has 1 aliphatic heterocycles. The van der Waals surface area contributed by atoms with Crippen LogP contribution in [0.3, 0.4) is 0 Å². The lowest BCUT2D eigenvalue weighted by molar-refractivity contribution is 0.174. The topological polar surface area (TPSA) is 77.8 Å². The largest absolute Gasteiger partial charge is 0.454 e. The molecule has 124 valence electrons. The molecule has 0 fully saturated rings. The summed E-state index contributed by atoms with van der Waals surface area (Å²) in [6.45, 7) is 0.121. The number of para-hydroxylation sites is 1. The molecule has 2 aromatic carbocycles. The van der Waals surface area contributed by atoms with E-state index in [4.69, 9.17) is 9.47 Å². The molecule has 0 amide bonds. The van der Waals surface area contributed by atoms with E-state index >= 15 is 0 Å². The molecule has 9 heteroatoms. The number of nitrogens with one attached hydrogen (secondary N) is 1. The molecule has 0 spiro atoms. The highest BCUT2D eigenvalue weighted by Crippen LogP contribution is 2.35. The zero-order chi connectivity index (χ0) is 17.0. The van der Waals surface area contributed by atoms with Gasteiger partial charge < -0.3 is 14.8 Å². The predicted octanol–water partition coefficient (Wildman–Crippen LogP) is 2.92. The van der Waals surface area contributed by atoms with Gasteiger partial charge in [0, 0.05) is 6.07 Å². The highest BCUT2D eigenvalue weighted by molar-refractivity contribution is 7.20. The SMILES string of the molecule is O=c1c2cc3c(cc2nc2sc(Nc4ccccc4F)nn12)OCO3. The maximum Gasteiger partial charge on any atom is 0.283 e. The van der Waals surface area contributed by atoms with Crippen LogP contribution in [0.5, 0.6) is 11.5 Å². The summed E-state index contributed by atoms with van der Waals surface area (Å²) in [4.78, 5) is 17.5. The van der Waals surface area contributed by atoms with E-state index in [-0.39, 0.29) is 18.0 Å². The van der Waals surface area contributed by atoms with Crippen LogP contribution in [0.25, 0.3) is 15.9 Å². The number of anilines is 2. The van der Waals surface area contributed by atoms with Crippen LogP contribution in [0.15, 0.2) is 41.2 Å². The van der Waals surface area contributed by atoms with Crippen molar-refractivity contribution in [2.24, 2.45) is 0 Å². The van der Waals surface area contributed by atoms with Gasteiger partial charge >= 0.3 is 0 Å². The second-order valence-electron chi connectivity index (χ2n) is 5.35. The minimum absolute atomic E-state index is 0.121. The lowest BCUT2D eigenvalue weighted by atomic mass is 10.2. The lowest BCUT2D eigenvalue weighted by Gasteiger charge is -2.01. The van der Waals surface area contributed by atoms with Gasteiger partial charge in [-0.2, -0.15) is 4.52 Å². The number of halogens is 1. The normalized spacial score (nSPS) is 12.8. The number of ether oxygens (including phenoxy) is 2. The van der Waals surface area contributed by atoms with Crippen LogP contribution >= 0.6 is 11.3 Å². The van der Waals surface area contributed by atoms with Gasteiger partial charge in [0.05, 0.1) is 16.6 Å². The van der Waals surface area contributed by atoms with Crippen LogP contribution in [-0.4, -0.2) is 21.4 Å². The van der Waals surface area contributed by atoms with Crippen LogP contribution in [-0.2, 0) is 0 Å². The maximum atomic E-state index is 13.8. The average Bonchev–Trinajstić information content (AvgIpc) is 3.22. The van der Waals surface area contributed by atoms with E-state index in [1.54, 1.807) is 30.3 Å². The minimum atomic E-state index is -0.405. The van der Waals surface area contributed by atoms with Gasteiger partial charge in [0.15, 0.2) is 11.5 Å². The Bertz CT molecular complexity index is 1200. The molecule has 25 heavy (non-hydrogen) atoms. The van der Waals surface area contributed by atoms with Crippen molar-refractivity contribution < 1.29 is 13.9 Å². The molecule has 2 aromatic heterocycles. The molecule has 0 bridgehead atoms. The van der Waals surface area contributed by atoms with Crippen LogP contribution in [0.4, 0.5) is 15.2 Å². The van der Waals surface area contributed by atoms with Gasteiger partial charge in [0.25, 0.3) is 5.56 Å². The highest BCUT2D eigenvalue weighted by atomic mass is 32.1. The Balaban J connectivity index is 1.67. The van der Waals surface area contributed by atoms with E-state index in [1.165, 1.54) is 10.6 Å². The highest BCUT2D eigenvalue weighted by Gasteiger charge is 2.18. The van der Waals surface area contributed by atoms with Gasteiger partial charge in [0.1, 0.15) is 5.82 Å². The van der Waals surface area contributed by atoms with Crippen molar-refractivity contribution in [3.63, 3.8) is 0 Å². The third kappa shape index (κ3) is 2.20. The molecule has 1 N–H and O–H groups in total. The van der Waals surface area contributed by atoms with E-state index in [1.807, 2.05) is 0 Å². The Morgan fingerprint density at radius 3 is 2.84 bits per heavy atom. The second kappa shape index (κ2) is 5.15. The van der Waals surface area contributed by atoms with Crippen LogP contribution in [0.2, 0.25) is 0 Å². The number of hydrogen-bond donors (Lipinski definition) is 1. The van der Waals surface area contributed by atoms with Crippen molar-refractivity contribution in [2.45, 2.75) is 0 Å². The summed E-state index contributed by atoms with van der Waals surface area (Å²) in [5.41, 5.74) is 0.450. The maximum absolute atomic E-state index is 13.8. The van der Waals surface area contributed by atoms with Gasteiger partial charge in [-0.15, -0.1) is 5.10 Å². The number of aromatic nitrogens is 3.